The zero-order valence-electron chi connectivity index (χ0n) is 29.7. The van der Waals surface area contributed by atoms with E-state index < -0.39 is 0 Å². The van der Waals surface area contributed by atoms with Crippen LogP contribution in [0, 0.1) is 0 Å². The van der Waals surface area contributed by atoms with Crippen LogP contribution in [0.4, 0.5) is 0 Å². The second kappa shape index (κ2) is 18.4. The fraction of sp³-hybridized carbons (Fsp3) is 1.00. The minimum Gasteiger partial charge on any atom is -0.311 e. The molecule has 0 spiro atoms. The summed E-state index contributed by atoms with van der Waals surface area (Å²) >= 11 is 0. The van der Waals surface area contributed by atoms with Crippen LogP contribution in [0.15, 0.2) is 0 Å². The van der Waals surface area contributed by atoms with Gasteiger partial charge in [0.2, 0.25) is 0 Å². The highest BCUT2D eigenvalue weighted by Gasteiger charge is 2.35. The molecule has 6 nitrogen and oxygen atoms in total. The number of hydrogen-bond acceptors (Lipinski definition) is 6. The Kier molecular flexibility index (Phi) is 17.4. The molecule has 2 unspecified atom stereocenters. The monoisotopic (exact) mass is 567 g/mol. The number of piperidine rings is 2. The third-order valence-corrected chi connectivity index (χ3v) is 8.85. The van der Waals surface area contributed by atoms with E-state index in [1.807, 2.05) is 0 Å². The smallest absolute Gasteiger partial charge is 0.0283 e. The standard InChI is InChI=1S/C12H26N2.2C11H24N2/c1-10(2)13-7-8-14(11(3)4)12(5,6)9-13;2*1-9(2)12-11-6-5-7-13(8-11)10(3)4/h10-11H,7-9H2,1-6H3;2*9-12H,5-8H2,1-4H3. The highest BCUT2D eigenvalue weighted by molar-refractivity contribution is 4.92. The topological polar surface area (TPSA) is 37.0 Å². The van der Waals surface area contributed by atoms with Gasteiger partial charge in [0, 0.05) is 86.6 Å². The second-order valence-corrected chi connectivity index (χ2v) is 15.2. The van der Waals surface area contributed by atoms with Gasteiger partial charge in [-0.2, -0.15) is 0 Å². The highest BCUT2D eigenvalue weighted by Crippen LogP contribution is 2.24. The first kappa shape index (κ1) is 37.8. The van der Waals surface area contributed by atoms with E-state index in [9.17, 15) is 0 Å². The molecule has 40 heavy (non-hydrogen) atoms. The lowest BCUT2D eigenvalue weighted by Crippen LogP contribution is -2.62. The van der Waals surface area contributed by atoms with Crippen LogP contribution in [0.1, 0.15) is 123 Å². The second-order valence-electron chi connectivity index (χ2n) is 15.2. The molecule has 3 heterocycles. The molecular weight excluding hydrogens is 492 g/mol. The SMILES string of the molecule is CC(C)N1CCN(C(C)C)C(C)(C)C1.CC(C)NC1CCCN(C(C)C)C1.CC(C)NC1CCCN(C(C)C)C1. The molecule has 240 valence electrons. The molecular formula is C34H74N6. The largest absolute Gasteiger partial charge is 0.311 e. The number of nitrogens with zero attached hydrogens (tertiary/aromatic N) is 4. The summed E-state index contributed by atoms with van der Waals surface area (Å²) in [6.07, 6.45) is 5.40. The lowest BCUT2D eigenvalue weighted by molar-refractivity contribution is -0.0129. The highest BCUT2D eigenvalue weighted by atomic mass is 15.3. The van der Waals surface area contributed by atoms with Crippen molar-refractivity contribution in [2.24, 2.45) is 0 Å². The van der Waals surface area contributed by atoms with Crippen molar-refractivity contribution in [2.75, 3.05) is 45.8 Å². The van der Waals surface area contributed by atoms with Gasteiger partial charge in [0.1, 0.15) is 0 Å². The molecule has 0 aromatic carbocycles. The number of nitrogens with one attached hydrogen (secondary N) is 2. The van der Waals surface area contributed by atoms with E-state index in [-0.39, 0.29) is 0 Å². The van der Waals surface area contributed by atoms with Gasteiger partial charge < -0.3 is 10.6 Å². The van der Waals surface area contributed by atoms with Crippen LogP contribution in [-0.2, 0) is 0 Å². The molecule has 2 atom stereocenters. The zero-order valence-corrected chi connectivity index (χ0v) is 29.7. The summed E-state index contributed by atoms with van der Waals surface area (Å²) in [6, 6.07) is 5.44. The van der Waals surface area contributed by atoms with E-state index in [0.29, 0.717) is 41.8 Å². The molecule has 0 bridgehead atoms. The Labute approximate surface area is 252 Å². The molecule has 0 aromatic heterocycles. The molecule has 3 aliphatic heterocycles. The van der Waals surface area contributed by atoms with Crippen LogP contribution in [0.25, 0.3) is 0 Å². The van der Waals surface area contributed by atoms with Gasteiger partial charge in [-0.05, 0) is 108 Å². The average Bonchev–Trinajstić information content (AvgIpc) is 2.83. The van der Waals surface area contributed by atoms with Crippen molar-refractivity contribution in [1.29, 1.82) is 0 Å². The van der Waals surface area contributed by atoms with Crippen molar-refractivity contribution in [3.8, 4) is 0 Å². The Morgan fingerprint density at radius 3 is 1.23 bits per heavy atom. The van der Waals surface area contributed by atoms with E-state index in [1.54, 1.807) is 0 Å². The van der Waals surface area contributed by atoms with E-state index in [4.69, 9.17) is 0 Å². The Morgan fingerprint density at radius 1 is 0.525 bits per heavy atom. The van der Waals surface area contributed by atoms with Gasteiger partial charge in [0.25, 0.3) is 0 Å². The lowest BCUT2D eigenvalue weighted by atomic mass is 9.96. The van der Waals surface area contributed by atoms with Crippen molar-refractivity contribution in [3.05, 3.63) is 0 Å². The van der Waals surface area contributed by atoms with Crippen molar-refractivity contribution in [2.45, 2.75) is 176 Å². The maximum Gasteiger partial charge on any atom is 0.0283 e. The summed E-state index contributed by atoms with van der Waals surface area (Å²) in [7, 11) is 0. The van der Waals surface area contributed by atoms with Crippen LogP contribution >= 0.6 is 0 Å². The van der Waals surface area contributed by atoms with Crippen molar-refractivity contribution >= 4 is 0 Å². The minimum atomic E-state index is 0.330. The van der Waals surface area contributed by atoms with Gasteiger partial charge in [0.15, 0.2) is 0 Å². The van der Waals surface area contributed by atoms with Gasteiger partial charge in [-0.15, -0.1) is 0 Å². The van der Waals surface area contributed by atoms with Gasteiger partial charge in [0.05, 0.1) is 0 Å². The Hall–Kier alpha value is -0.240. The molecule has 3 aliphatic rings. The van der Waals surface area contributed by atoms with E-state index in [1.165, 1.54) is 71.5 Å². The predicted octanol–water partition coefficient (Wildman–Crippen LogP) is 5.91. The summed E-state index contributed by atoms with van der Waals surface area (Å²) in [5.74, 6) is 0. The fourth-order valence-corrected chi connectivity index (χ4v) is 6.77. The van der Waals surface area contributed by atoms with E-state index in [0.717, 1.165) is 12.1 Å². The van der Waals surface area contributed by atoms with E-state index >= 15 is 0 Å². The molecule has 0 aromatic rings. The van der Waals surface area contributed by atoms with E-state index in [2.05, 4.69) is 127 Å². The number of rotatable bonds is 8. The van der Waals surface area contributed by atoms with Crippen molar-refractivity contribution < 1.29 is 0 Å². The summed E-state index contributed by atoms with van der Waals surface area (Å²) in [5, 5.41) is 7.25. The Bertz CT molecular complexity index is 610. The minimum absolute atomic E-state index is 0.330. The molecule has 3 saturated heterocycles. The maximum atomic E-state index is 3.62. The van der Waals surface area contributed by atoms with Crippen LogP contribution < -0.4 is 10.6 Å². The first-order valence-electron chi connectivity index (χ1n) is 17.0. The van der Waals surface area contributed by atoms with Crippen molar-refractivity contribution in [3.63, 3.8) is 0 Å². The molecule has 0 amide bonds. The van der Waals surface area contributed by atoms with Crippen LogP contribution in [0.3, 0.4) is 0 Å². The van der Waals surface area contributed by atoms with Gasteiger partial charge >= 0.3 is 0 Å². The molecule has 0 radical (unpaired) electrons. The quantitative estimate of drug-likeness (QED) is 0.380. The molecule has 0 aliphatic carbocycles. The number of piperazine rings is 1. The first-order valence-corrected chi connectivity index (χ1v) is 17.0. The normalized spacial score (nSPS) is 25.5. The van der Waals surface area contributed by atoms with Crippen LogP contribution in [-0.4, -0.2) is 119 Å². The molecule has 0 saturated carbocycles. The van der Waals surface area contributed by atoms with Crippen molar-refractivity contribution in [1.82, 2.24) is 30.2 Å². The maximum absolute atomic E-state index is 3.62. The zero-order chi connectivity index (χ0) is 30.6. The summed E-state index contributed by atoms with van der Waals surface area (Å²) < 4.78 is 0. The predicted molar refractivity (Wildman–Crippen MR) is 179 cm³/mol. The number of hydrogen-bond donors (Lipinski definition) is 2. The first-order chi connectivity index (χ1) is 18.5. The van der Waals surface area contributed by atoms with Gasteiger partial charge in [-0.3, -0.25) is 19.6 Å². The van der Waals surface area contributed by atoms with Crippen LogP contribution in [0.2, 0.25) is 0 Å². The number of likely N-dealkylation sites (tertiary alicyclic amines) is 2. The Balaban J connectivity index is 0.000000300. The Morgan fingerprint density at radius 2 is 0.925 bits per heavy atom. The molecule has 2 N–H and O–H groups in total. The summed E-state index contributed by atoms with van der Waals surface area (Å²) in [6.45, 7) is 40.7. The lowest BCUT2D eigenvalue weighted by Gasteiger charge is -2.50. The average molecular weight is 567 g/mol. The molecule has 3 rings (SSSR count). The fourth-order valence-electron chi connectivity index (χ4n) is 6.77. The third kappa shape index (κ3) is 14.3. The molecule has 3 fully saturated rings. The van der Waals surface area contributed by atoms with Gasteiger partial charge in [-0.25, -0.2) is 0 Å². The van der Waals surface area contributed by atoms with Crippen LogP contribution in [0.5, 0.6) is 0 Å². The third-order valence-electron chi connectivity index (χ3n) is 8.85. The molecule has 6 heteroatoms. The van der Waals surface area contributed by atoms with Gasteiger partial charge in [-0.1, -0.05) is 27.7 Å². The summed E-state index contributed by atoms with van der Waals surface area (Å²) in [4.78, 5) is 10.3. The summed E-state index contributed by atoms with van der Waals surface area (Å²) in [5.41, 5.74) is 0.330.